The molecule has 3 nitrogen and oxygen atoms in total. The van der Waals surface area contributed by atoms with Gasteiger partial charge in [-0.1, -0.05) is 6.92 Å². The largest absolute Gasteiger partial charge is 0.369 e. The first-order valence-corrected chi connectivity index (χ1v) is 5.58. The van der Waals surface area contributed by atoms with E-state index in [0.29, 0.717) is 12.0 Å². The van der Waals surface area contributed by atoms with E-state index in [0.717, 1.165) is 19.5 Å². The van der Waals surface area contributed by atoms with Crippen LogP contribution in [-0.2, 0) is 0 Å². The maximum Gasteiger partial charge on any atom is 0.0427 e. The standard InChI is InChI=1S/C12H19N3/c1-9-5-11(13)8-15(7-9)12-3-4-14-6-10(12)2/h3-4,6,9,11H,5,7-8,13H2,1-2H3. The molecule has 0 amide bonds. The molecule has 3 heteroatoms. The van der Waals surface area contributed by atoms with Crippen molar-refractivity contribution in [3.05, 3.63) is 24.0 Å². The van der Waals surface area contributed by atoms with Gasteiger partial charge in [-0.2, -0.15) is 0 Å². The van der Waals surface area contributed by atoms with E-state index < -0.39 is 0 Å². The quantitative estimate of drug-likeness (QED) is 0.756. The van der Waals surface area contributed by atoms with Crippen LogP contribution < -0.4 is 10.6 Å². The van der Waals surface area contributed by atoms with Crippen molar-refractivity contribution in [1.82, 2.24) is 4.98 Å². The molecule has 1 aliphatic rings. The summed E-state index contributed by atoms with van der Waals surface area (Å²) in [5.74, 6) is 0.682. The Morgan fingerprint density at radius 1 is 1.47 bits per heavy atom. The van der Waals surface area contributed by atoms with Gasteiger partial charge in [0, 0.05) is 37.2 Å². The third-order valence-electron chi connectivity index (χ3n) is 3.02. The van der Waals surface area contributed by atoms with Gasteiger partial charge >= 0.3 is 0 Å². The van der Waals surface area contributed by atoms with Gasteiger partial charge in [-0.15, -0.1) is 0 Å². The maximum atomic E-state index is 6.05. The van der Waals surface area contributed by atoms with Crippen molar-refractivity contribution in [2.75, 3.05) is 18.0 Å². The first-order valence-electron chi connectivity index (χ1n) is 5.58. The number of aromatic nitrogens is 1. The number of aryl methyl sites for hydroxylation is 1. The summed E-state index contributed by atoms with van der Waals surface area (Å²) in [6.07, 6.45) is 4.91. The van der Waals surface area contributed by atoms with Crippen LogP contribution in [0, 0.1) is 12.8 Å². The minimum Gasteiger partial charge on any atom is -0.369 e. The fraction of sp³-hybridized carbons (Fsp3) is 0.583. The number of pyridine rings is 1. The van der Waals surface area contributed by atoms with Crippen LogP contribution in [0.15, 0.2) is 18.5 Å². The topological polar surface area (TPSA) is 42.2 Å². The van der Waals surface area contributed by atoms with Crippen LogP contribution in [0.2, 0.25) is 0 Å². The molecule has 2 atom stereocenters. The summed E-state index contributed by atoms with van der Waals surface area (Å²) in [6, 6.07) is 2.39. The lowest BCUT2D eigenvalue weighted by molar-refractivity contribution is 0.401. The van der Waals surface area contributed by atoms with Crippen LogP contribution in [-0.4, -0.2) is 24.1 Å². The fourth-order valence-electron chi connectivity index (χ4n) is 2.42. The van der Waals surface area contributed by atoms with Crippen molar-refractivity contribution >= 4 is 5.69 Å². The van der Waals surface area contributed by atoms with Gasteiger partial charge in [0.25, 0.3) is 0 Å². The molecule has 0 saturated carbocycles. The lowest BCUT2D eigenvalue weighted by Gasteiger charge is -2.37. The zero-order valence-corrected chi connectivity index (χ0v) is 9.48. The molecule has 82 valence electrons. The van der Waals surface area contributed by atoms with E-state index >= 15 is 0 Å². The molecule has 0 bridgehead atoms. The van der Waals surface area contributed by atoms with Crippen molar-refractivity contribution in [3.63, 3.8) is 0 Å². The highest BCUT2D eigenvalue weighted by molar-refractivity contribution is 5.52. The fourth-order valence-corrected chi connectivity index (χ4v) is 2.42. The molecule has 0 aromatic carbocycles. The number of nitrogens with zero attached hydrogens (tertiary/aromatic N) is 2. The van der Waals surface area contributed by atoms with Crippen LogP contribution >= 0.6 is 0 Å². The van der Waals surface area contributed by atoms with E-state index in [9.17, 15) is 0 Å². The summed E-state index contributed by atoms with van der Waals surface area (Å²) < 4.78 is 0. The molecule has 15 heavy (non-hydrogen) atoms. The minimum absolute atomic E-state index is 0.307. The van der Waals surface area contributed by atoms with Crippen LogP contribution in [0.25, 0.3) is 0 Å². The SMILES string of the molecule is Cc1cnccc1N1CC(C)CC(N)C1. The Bertz CT molecular complexity index is 327. The molecule has 2 heterocycles. The molecule has 0 spiro atoms. The van der Waals surface area contributed by atoms with Gasteiger partial charge in [0.15, 0.2) is 0 Å². The summed E-state index contributed by atoms with van der Waals surface area (Å²) in [5, 5.41) is 0. The Hall–Kier alpha value is -1.09. The molecule has 1 aromatic heterocycles. The number of hydrogen-bond acceptors (Lipinski definition) is 3. The van der Waals surface area contributed by atoms with Gasteiger partial charge < -0.3 is 10.6 Å². The highest BCUT2D eigenvalue weighted by atomic mass is 15.2. The second-order valence-corrected chi connectivity index (χ2v) is 4.67. The smallest absolute Gasteiger partial charge is 0.0427 e. The van der Waals surface area contributed by atoms with E-state index in [4.69, 9.17) is 5.73 Å². The van der Waals surface area contributed by atoms with Crippen molar-refractivity contribution in [1.29, 1.82) is 0 Å². The van der Waals surface area contributed by atoms with Gasteiger partial charge in [0.1, 0.15) is 0 Å². The number of piperidine rings is 1. The lowest BCUT2D eigenvalue weighted by atomic mass is 9.96. The van der Waals surface area contributed by atoms with Crippen LogP contribution in [0.3, 0.4) is 0 Å². The number of hydrogen-bond donors (Lipinski definition) is 1. The molecule has 1 aromatic rings. The predicted molar refractivity (Wildman–Crippen MR) is 62.9 cm³/mol. The van der Waals surface area contributed by atoms with Gasteiger partial charge in [0.2, 0.25) is 0 Å². The number of nitrogens with two attached hydrogens (primary N) is 1. The molecule has 2 N–H and O–H groups in total. The number of anilines is 1. The Labute approximate surface area is 91.3 Å². The monoisotopic (exact) mass is 205 g/mol. The summed E-state index contributed by atoms with van der Waals surface area (Å²) in [4.78, 5) is 6.50. The van der Waals surface area contributed by atoms with E-state index in [1.54, 1.807) is 0 Å². The van der Waals surface area contributed by atoms with Gasteiger partial charge in [-0.25, -0.2) is 0 Å². The molecule has 2 rings (SSSR count). The first kappa shape index (κ1) is 10.4. The van der Waals surface area contributed by atoms with Crippen LogP contribution in [0.1, 0.15) is 18.9 Å². The first-order chi connectivity index (χ1) is 7.16. The van der Waals surface area contributed by atoms with Gasteiger partial charge in [-0.05, 0) is 30.9 Å². The van der Waals surface area contributed by atoms with Crippen molar-refractivity contribution in [2.45, 2.75) is 26.3 Å². The molecular weight excluding hydrogens is 186 g/mol. The highest BCUT2D eigenvalue weighted by Crippen LogP contribution is 2.24. The summed E-state index contributed by atoms with van der Waals surface area (Å²) in [7, 11) is 0. The summed E-state index contributed by atoms with van der Waals surface area (Å²) in [6.45, 7) is 6.45. The van der Waals surface area contributed by atoms with E-state index in [1.165, 1.54) is 11.3 Å². The van der Waals surface area contributed by atoms with E-state index in [-0.39, 0.29) is 0 Å². The Morgan fingerprint density at radius 2 is 2.27 bits per heavy atom. The van der Waals surface area contributed by atoms with Crippen LogP contribution in [0.4, 0.5) is 5.69 Å². The third kappa shape index (κ3) is 2.29. The van der Waals surface area contributed by atoms with E-state index in [2.05, 4.69) is 29.8 Å². The molecule has 1 aliphatic heterocycles. The van der Waals surface area contributed by atoms with E-state index in [1.807, 2.05) is 12.4 Å². The minimum atomic E-state index is 0.307. The highest BCUT2D eigenvalue weighted by Gasteiger charge is 2.22. The molecule has 2 unspecified atom stereocenters. The van der Waals surface area contributed by atoms with Gasteiger partial charge in [-0.3, -0.25) is 4.98 Å². The predicted octanol–water partition coefficient (Wildman–Crippen LogP) is 1.56. The van der Waals surface area contributed by atoms with Crippen molar-refractivity contribution in [2.24, 2.45) is 11.7 Å². The molecule has 1 saturated heterocycles. The van der Waals surface area contributed by atoms with Crippen LogP contribution in [0.5, 0.6) is 0 Å². The second-order valence-electron chi connectivity index (χ2n) is 4.67. The molecule has 1 fully saturated rings. The average Bonchev–Trinajstić information content (AvgIpc) is 2.16. The zero-order chi connectivity index (χ0) is 10.8. The molecular formula is C12H19N3. The van der Waals surface area contributed by atoms with Crippen molar-refractivity contribution < 1.29 is 0 Å². The molecule has 0 radical (unpaired) electrons. The third-order valence-corrected chi connectivity index (χ3v) is 3.02. The average molecular weight is 205 g/mol. The Balaban J connectivity index is 2.20. The number of rotatable bonds is 1. The molecule has 0 aliphatic carbocycles. The Kier molecular flexibility index (Phi) is 2.91. The summed E-state index contributed by atoms with van der Waals surface area (Å²) >= 11 is 0. The van der Waals surface area contributed by atoms with Crippen molar-refractivity contribution in [3.8, 4) is 0 Å². The maximum absolute atomic E-state index is 6.05. The lowest BCUT2D eigenvalue weighted by Crippen LogP contribution is -2.46. The normalized spacial score (nSPS) is 26.7. The second kappa shape index (κ2) is 4.19. The Morgan fingerprint density at radius 3 is 2.93 bits per heavy atom. The zero-order valence-electron chi connectivity index (χ0n) is 9.48. The summed E-state index contributed by atoms with van der Waals surface area (Å²) in [5.41, 5.74) is 8.56. The van der Waals surface area contributed by atoms with Gasteiger partial charge in [0.05, 0.1) is 0 Å².